The Hall–Kier alpha value is -3.16. The van der Waals surface area contributed by atoms with Crippen molar-refractivity contribution >= 4 is 21.6 Å². The van der Waals surface area contributed by atoms with Crippen molar-refractivity contribution in [2.45, 2.75) is 30.3 Å². The van der Waals surface area contributed by atoms with Crippen LogP contribution in [0.25, 0.3) is 0 Å². The number of nitrogens with one attached hydrogen (secondary N) is 2. The third-order valence-electron chi connectivity index (χ3n) is 4.70. The van der Waals surface area contributed by atoms with Crippen molar-refractivity contribution in [1.29, 1.82) is 0 Å². The lowest BCUT2D eigenvalue weighted by molar-refractivity contribution is -0.121. The van der Waals surface area contributed by atoms with E-state index in [-0.39, 0.29) is 29.8 Å². The number of hydrogen-bond donors (Lipinski definition) is 3. The average Bonchev–Trinajstić information content (AvgIpc) is 2.78. The molecule has 0 aliphatic carbocycles. The Kier molecular flexibility index (Phi) is 7.21. The van der Waals surface area contributed by atoms with Crippen LogP contribution in [0.4, 0.5) is 5.69 Å². The Labute approximate surface area is 177 Å². The maximum absolute atomic E-state index is 12.6. The number of hydrogen-bond acceptors (Lipinski definition) is 4. The van der Waals surface area contributed by atoms with E-state index >= 15 is 0 Å². The highest BCUT2D eigenvalue weighted by Crippen LogP contribution is 2.20. The highest BCUT2D eigenvalue weighted by atomic mass is 32.2. The van der Waals surface area contributed by atoms with Gasteiger partial charge in [0.25, 0.3) is 10.0 Å². The standard InChI is InChI=1S/C23H25N3O3S/c24-21(18-9-3-1-4-10-18)15-16-23(27)25-17-19-11-7-8-14-22(19)26-30(28,29)20-12-5-2-6-13-20/h1-14,21,26H,15-17,24H2,(H,25,27)/t21-/m0/s1. The lowest BCUT2D eigenvalue weighted by Gasteiger charge is -2.14. The average molecular weight is 424 g/mol. The van der Waals surface area contributed by atoms with Gasteiger partial charge in [-0.05, 0) is 35.7 Å². The van der Waals surface area contributed by atoms with Crippen LogP contribution in [0.5, 0.6) is 0 Å². The second-order valence-corrected chi connectivity index (χ2v) is 8.59. The zero-order valence-electron chi connectivity index (χ0n) is 16.5. The van der Waals surface area contributed by atoms with E-state index in [0.717, 1.165) is 5.56 Å². The number of amides is 1. The molecule has 0 aliphatic heterocycles. The molecule has 0 heterocycles. The normalized spacial score (nSPS) is 12.2. The molecule has 3 rings (SSSR count). The van der Waals surface area contributed by atoms with Gasteiger partial charge < -0.3 is 11.1 Å². The molecule has 0 saturated carbocycles. The van der Waals surface area contributed by atoms with Crippen LogP contribution in [0.15, 0.2) is 89.8 Å². The molecule has 3 aromatic carbocycles. The van der Waals surface area contributed by atoms with Crippen molar-refractivity contribution in [2.75, 3.05) is 4.72 Å². The topological polar surface area (TPSA) is 101 Å². The molecule has 0 aromatic heterocycles. The van der Waals surface area contributed by atoms with Crippen LogP contribution in [0.1, 0.15) is 30.0 Å². The lowest BCUT2D eigenvalue weighted by atomic mass is 10.0. The summed E-state index contributed by atoms with van der Waals surface area (Å²) in [5, 5.41) is 2.84. The third-order valence-corrected chi connectivity index (χ3v) is 6.08. The van der Waals surface area contributed by atoms with Crippen LogP contribution in [0, 0.1) is 0 Å². The van der Waals surface area contributed by atoms with Crippen LogP contribution < -0.4 is 15.8 Å². The molecule has 0 fully saturated rings. The molecular weight excluding hydrogens is 398 g/mol. The van der Waals surface area contributed by atoms with Crippen molar-refractivity contribution in [2.24, 2.45) is 5.73 Å². The molecule has 30 heavy (non-hydrogen) atoms. The highest BCUT2D eigenvalue weighted by Gasteiger charge is 2.16. The van der Waals surface area contributed by atoms with E-state index in [0.29, 0.717) is 17.7 Å². The molecule has 0 aliphatic rings. The van der Waals surface area contributed by atoms with Gasteiger partial charge >= 0.3 is 0 Å². The maximum Gasteiger partial charge on any atom is 0.261 e. The zero-order chi connectivity index (χ0) is 21.4. The molecule has 1 atom stereocenters. The predicted octanol–water partition coefficient (Wildman–Crippen LogP) is 3.58. The van der Waals surface area contributed by atoms with E-state index in [9.17, 15) is 13.2 Å². The molecule has 7 heteroatoms. The van der Waals surface area contributed by atoms with Crippen molar-refractivity contribution < 1.29 is 13.2 Å². The Morgan fingerprint density at radius 3 is 2.17 bits per heavy atom. The van der Waals surface area contributed by atoms with E-state index in [1.165, 1.54) is 12.1 Å². The fraction of sp³-hybridized carbons (Fsp3) is 0.174. The van der Waals surface area contributed by atoms with Gasteiger partial charge in [-0.1, -0.05) is 66.7 Å². The van der Waals surface area contributed by atoms with Gasteiger partial charge in [-0.25, -0.2) is 8.42 Å². The van der Waals surface area contributed by atoms with Gasteiger partial charge in [-0.2, -0.15) is 0 Å². The van der Waals surface area contributed by atoms with Gasteiger partial charge in [0.2, 0.25) is 5.91 Å². The minimum Gasteiger partial charge on any atom is -0.352 e. The second kappa shape index (κ2) is 10.0. The Morgan fingerprint density at radius 1 is 0.867 bits per heavy atom. The number of anilines is 1. The molecule has 6 nitrogen and oxygen atoms in total. The summed E-state index contributed by atoms with van der Waals surface area (Å²) in [5.41, 5.74) is 8.25. The first kappa shape index (κ1) is 21.5. The van der Waals surface area contributed by atoms with Crippen LogP contribution in [0.2, 0.25) is 0 Å². The quantitative estimate of drug-likeness (QED) is 0.490. The molecule has 0 radical (unpaired) electrons. The van der Waals surface area contributed by atoms with Gasteiger partial charge in [0.1, 0.15) is 0 Å². The Morgan fingerprint density at radius 2 is 1.47 bits per heavy atom. The first-order chi connectivity index (χ1) is 14.5. The van der Waals surface area contributed by atoms with Gasteiger partial charge in [0.15, 0.2) is 0 Å². The predicted molar refractivity (Wildman–Crippen MR) is 118 cm³/mol. The number of benzene rings is 3. The Balaban J connectivity index is 1.58. The molecule has 156 valence electrons. The summed E-state index contributed by atoms with van der Waals surface area (Å²) in [6.45, 7) is 0.215. The molecular formula is C23H25N3O3S. The lowest BCUT2D eigenvalue weighted by Crippen LogP contribution is -2.25. The SMILES string of the molecule is N[C@@H](CCC(=O)NCc1ccccc1NS(=O)(=O)c1ccccc1)c1ccccc1. The van der Waals surface area contributed by atoms with Gasteiger partial charge in [-0.15, -0.1) is 0 Å². The van der Waals surface area contributed by atoms with Crippen LogP contribution in [-0.2, 0) is 21.4 Å². The molecule has 0 spiro atoms. The summed E-state index contributed by atoms with van der Waals surface area (Å²) in [6.07, 6.45) is 0.812. The molecule has 4 N–H and O–H groups in total. The van der Waals surface area contributed by atoms with E-state index in [4.69, 9.17) is 5.73 Å². The monoisotopic (exact) mass is 423 g/mol. The summed E-state index contributed by atoms with van der Waals surface area (Å²) in [5.74, 6) is -0.137. The molecule has 0 bridgehead atoms. The minimum absolute atomic E-state index is 0.137. The van der Waals surface area contributed by atoms with Crippen LogP contribution >= 0.6 is 0 Å². The first-order valence-electron chi connectivity index (χ1n) is 9.69. The van der Waals surface area contributed by atoms with Crippen LogP contribution in [-0.4, -0.2) is 14.3 Å². The minimum atomic E-state index is -3.71. The zero-order valence-corrected chi connectivity index (χ0v) is 17.3. The fourth-order valence-corrected chi connectivity index (χ4v) is 4.13. The molecule has 0 saturated heterocycles. The number of carbonyl (C=O) groups excluding carboxylic acids is 1. The maximum atomic E-state index is 12.6. The molecule has 3 aromatic rings. The number of sulfonamides is 1. The summed E-state index contributed by atoms with van der Waals surface area (Å²) in [4.78, 5) is 12.4. The fourth-order valence-electron chi connectivity index (χ4n) is 3.01. The number of para-hydroxylation sites is 1. The number of carbonyl (C=O) groups is 1. The van der Waals surface area contributed by atoms with Gasteiger partial charge in [0.05, 0.1) is 10.6 Å². The van der Waals surface area contributed by atoms with Crippen molar-refractivity contribution in [1.82, 2.24) is 5.32 Å². The largest absolute Gasteiger partial charge is 0.352 e. The van der Waals surface area contributed by atoms with Gasteiger partial charge in [0, 0.05) is 19.0 Å². The van der Waals surface area contributed by atoms with Crippen molar-refractivity contribution in [3.8, 4) is 0 Å². The van der Waals surface area contributed by atoms with Crippen molar-refractivity contribution in [3.63, 3.8) is 0 Å². The summed E-state index contributed by atoms with van der Waals surface area (Å²) >= 11 is 0. The Bertz CT molecular complexity index is 1070. The third kappa shape index (κ3) is 5.92. The van der Waals surface area contributed by atoms with E-state index in [2.05, 4.69) is 10.0 Å². The van der Waals surface area contributed by atoms with E-state index in [1.54, 1.807) is 42.5 Å². The number of nitrogens with two attached hydrogens (primary N) is 1. The summed E-state index contributed by atoms with van der Waals surface area (Å²) in [6, 6.07) is 24.6. The van der Waals surface area contributed by atoms with E-state index < -0.39 is 10.0 Å². The summed E-state index contributed by atoms with van der Waals surface area (Å²) in [7, 11) is -3.71. The number of rotatable bonds is 9. The van der Waals surface area contributed by atoms with Gasteiger partial charge in [-0.3, -0.25) is 9.52 Å². The smallest absolute Gasteiger partial charge is 0.261 e. The summed E-state index contributed by atoms with van der Waals surface area (Å²) < 4.78 is 27.8. The first-order valence-corrected chi connectivity index (χ1v) is 11.2. The second-order valence-electron chi connectivity index (χ2n) is 6.91. The molecule has 0 unspecified atom stereocenters. The van der Waals surface area contributed by atoms with Crippen molar-refractivity contribution in [3.05, 3.63) is 96.1 Å². The van der Waals surface area contributed by atoms with Crippen LogP contribution in [0.3, 0.4) is 0 Å². The highest BCUT2D eigenvalue weighted by molar-refractivity contribution is 7.92. The van der Waals surface area contributed by atoms with E-state index in [1.807, 2.05) is 30.3 Å². The molecule has 1 amide bonds.